The molecule has 4 nitrogen and oxygen atoms in total. The molecule has 0 amide bonds. The maximum absolute atomic E-state index is 11.6. The first-order valence-corrected chi connectivity index (χ1v) is 8.74. The van der Waals surface area contributed by atoms with Gasteiger partial charge in [-0.2, -0.15) is 0 Å². The number of hydrogen-bond donors (Lipinski definition) is 1. The van der Waals surface area contributed by atoms with E-state index in [0.717, 1.165) is 6.54 Å². The van der Waals surface area contributed by atoms with E-state index in [2.05, 4.69) is 37.9 Å². The van der Waals surface area contributed by atoms with Gasteiger partial charge in [0, 0.05) is 24.7 Å². The molecule has 0 radical (unpaired) electrons. The van der Waals surface area contributed by atoms with Gasteiger partial charge in [0.25, 0.3) is 0 Å². The molecule has 1 heterocycles. The molecule has 1 saturated heterocycles. The van der Waals surface area contributed by atoms with E-state index in [-0.39, 0.29) is 6.04 Å². The minimum atomic E-state index is -2.81. The highest BCUT2D eigenvalue weighted by Gasteiger charge is 2.32. The molecule has 0 aliphatic carbocycles. The summed E-state index contributed by atoms with van der Waals surface area (Å²) in [5.41, 5.74) is 0. The minimum absolute atomic E-state index is 0.139. The highest BCUT2D eigenvalue weighted by atomic mass is 32.2. The molecule has 0 saturated carbocycles. The predicted octanol–water partition coefficient (Wildman–Crippen LogP) is 1.13. The number of nitrogens with one attached hydrogen (secondary N) is 1. The topological polar surface area (TPSA) is 49.4 Å². The lowest BCUT2D eigenvalue weighted by atomic mass is 10.0. The fourth-order valence-electron chi connectivity index (χ4n) is 2.54. The lowest BCUT2D eigenvalue weighted by molar-refractivity contribution is 0.126. The molecular weight excluding hydrogens is 248 g/mol. The second-order valence-electron chi connectivity index (χ2n) is 5.98. The molecule has 108 valence electrons. The molecule has 1 fully saturated rings. The van der Waals surface area contributed by atoms with Crippen LogP contribution >= 0.6 is 0 Å². The molecule has 3 atom stereocenters. The van der Waals surface area contributed by atoms with Crippen LogP contribution in [0.1, 0.15) is 34.6 Å². The first-order valence-electron chi connectivity index (χ1n) is 6.92. The monoisotopic (exact) mass is 276 g/mol. The molecule has 0 aromatic carbocycles. The van der Waals surface area contributed by atoms with Crippen LogP contribution in [0.4, 0.5) is 0 Å². The van der Waals surface area contributed by atoms with Gasteiger partial charge < -0.3 is 5.32 Å². The quantitative estimate of drug-likeness (QED) is 0.818. The third-order valence-corrected chi connectivity index (χ3v) is 5.71. The Kier molecular flexibility index (Phi) is 5.62. The molecule has 1 N–H and O–H groups in total. The average molecular weight is 276 g/mol. The second-order valence-corrected chi connectivity index (χ2v) is 8.21. The maximum Gasteiger partial charge on any atom is 0.153 e. The van der Waals surface area contributed by atoms with Crippen molar-refractivity contribution in [3.63, 3.8) is 0 Å². The van der Waals surface area contributed by atoms with Crippen LogP contribution in [0.15, 0.2) is 0 Å². The van der Waals surface area contributed by atoms with Gasteiger partial charge in [-0.05, 0) is 26.3 Å². The Balaban J connectivity index is 2.53. The standard InChI is InChI=1S/C13H28N2O2S/c1-10(2)14-8-11(3)13(5)15-6-7-18(16,17)9-12(15)4/h10-14H,6-9H2,1-5H3. The van der Waals surface area contributed by atoms with Crippen molar-refractivity contribution in [3.8, 4) is 0 Å². The number of rotatable bonds is 5. The Labute approximate surface area is 112 Å². The highest BCUT2D eigenvalue weighted by molar-refractivity contribution is 7.91. The smallest absolute Gasteiger partial charge is 0.153 e. The van der Waals surface area contributed by atoms with E-state index in [4.69, 9.17) is 0 Å². The lowest BCUT2D eigenvalue weighted by Gasteiger charge is -2.40. The fourth-order valence-corrected chi connectivity index (χ4v) is 4.12. The van der Waals surface area contributed by atoms with E-state index < -0.39 is 9.84 Å². The minimum Gasteiger partial charge on any atom is -0.314 e. The first kappa shape index (κ1) is 15.9. The molecule has 1 aliphatic heterocycles. The zero-order chi connectivity index (χ0) is 13.9. The SMILES string of the molecule is CC(C)NCC(C)C(C)N1CCS(=O)(=O)CC1C. The zero-order valence-electron chi connectivity index (χ0n) is 12.3. The van der Waals surface area contributed by atoms with Crippen LogP contribution in [0.5, 0.6) is 0 Å². The third kappa shape index (κ3) is 4.52. The normalized spacial score (nSPS) is 28.2. The van der Waals surface area contributed by atoms with Crippen molar-refractivity contribution in [2.75, 3.05) is 24.6 Å². The summed E-state index contributed by atoms with van der Waals surface area (Å²) in [7, 11) is -2.81. The van der Waals surface area contributed by atoms with Crippen molar-refractivity contribution in [2.24, 2.45) is 5.92 Å². The Morgan fingerprint density at radius 3 is 2.39 bits per heavy atom. The molecule has 18 heavy (non-hydrogen) atoms. The molecule has 1 rings (SSSR count). The molecular formula is C13H28N2O2S. The third-order valence-electron chi connectivity index (χ3n) is 3.92. The van der Waals surface area contributed by atoms with Crippen LogP contribution in [0.3, 0.4) is 0 Å². The van der Waals surface area contributed by atoms with E-state index in [1.54, 1.807) is 0 Å². The molecule has 0 aromatic heterocycles. The van der Waals surface area contributed by atoms with Crippen molar-refractivity contribution in [1.29, 1.82) is 0 Å². The number of sulfone groups is 1. The van der Waals surface area contributed by atoms with Crippen LogP contribution in [0, 0.1) is 5.92 Å². The predicted molar refractivity (Wildman–Crippen MR) is 76.6 cm³/mol. The van der Waals surface area contributed by atoms with E-state index in [0.29, 0.717) is 36.1 Å². The van der Waals surface area contributed by atoms with E-state index in [1.165, 1.54) is 0 Å². The van der Waals surface area contributed by atoms with Crippen LogP contribution in [0.25, 0.3) is 0 Å². The van der Waals surface area contributed by atoms with Crippen molar-refractivity contribution in [3.05, 3.63) is 0 Å². The lowest BCUT2D eigenvalue weighted by Crippen LogP contribution is -2.53. The Hall–Kier alpha value is -0.130. The van der Waals surface area contributed by atoms with Crippen LogP contribution in [0.2, 0.25) is 0 Å². The van der Waals surface area contributed by atoms with Crippen molar-refractivity contribution >= 4 is 9.84 Å². The number of hydrogen-bond acceptors (Lipinski definition) is 4. The van der Waals surface area contributed by atoms with Crippen molar-refractivity contribution in [1.82, 2.24) is 10.2 Å². The summed E-state index contributed by atoms with van der Waals surface area (Å²) in [6, 6.07) is 1.06. The van der Waals surface area contributed by atoms with Crippen LogP contribution in [-0.2, 0) is 9.84 Å². The zero-order valence-corrected chi connectivity index (χ0v) is 13.1. The van der Waals surface area contributed by atoms with Crippen molar-refractivity contribution in [2.45, 2.75) is 52.7 Å². The van der Waals surface area contributed by atoms with E-state index in [9.17, 15) is 8.42 Å². The van der Waals surface area contributed by atoms with Crippen molar-refractivity contribution < 1.29 is 8.42 Å². The van der Waals surface area contributed by atoms with Gasteiger partial charge in [0.05, 0.1) is 11.5 Å². The largest absolute Gasteiger partial charge is 0.314 e. The Morgan fingerprint density at radius 2 is 1.89 bits per heavy atom. The van der Waals surface area contributed by atoms with Gasteiger partial charge in [-0.1, -0.05) is 20.8 Å². The van der Waals surface area contributed by atoms with Gasteiger partial charge in [-0.15, -0.1) is 0 Å². The summed E-state index contributed by atoms with van der Waals surface area (Å²) in [6.07, 6.45) is 0. The van der Waals surface area contributed by atoms with Gasteiger partial charge >= 0.3 is 0 Å². The van der Waals surface area contributed by atoms with Gasteiger partial charge in [-0.3, -0.25) is 4.90 Å². The summed E-state index contributed by atoms with van der Waals surface area (Å²) in [5.74, 6) is 1.14. The molecule has 1 aliphatic rings. The summed E-state index contributed by atoms with van der Waals surface area (Å²) >= 11 is 0. The van der Waals surface area contributed by atoms with Gasteiger partial charge in [0.2, 0.25) is 0 Å². The van der Waals surface area contributed by atoms with Gasteiger partial charge in [0.1, 0.15) is 0 Å². The summed E-state index contributed by atoms with van der Waals surface area (Å²) in [6.45, 7) is 12.4. The summed E-state index contributed by atoms with van der Waals surface area (Å²) in [4.78, 5) is 2.34. The molecule has 0 spiro atoms. The maximum atomic E-state index is 11.6. The number of nitrogens with zero attached hydrogens (tertiary/aromatic N) is 1. The molecule has 3 unspecified atom stereocenters. The fraction of sp³-hybridized carbons (Fsp3) is 1.00. The summed E-state index contributed by atoms with van der Waals surface area (Å²) < 4.78 is 23.1. The Morgan fingerprint density at radius 1 is 1.28 bits per heavy atom. The van der Waals surface area contributed by atoms with Gasteiger partial charge in [-0.25, -0.2) is 8.42 Å². The average Bonchev–Trinajstić information content (AvgIpc) is 2.23. The summed E-state index contributed by atoms with van der Waals surface area (Å²) in [5, 5.41) is 3.45. The van der Waals surface area contributed by atoms with Gasteiger partial charge in [0.15, 0.2) is 9.84 Å². The second kappa shape index (κ2) is 6.35. The first-order chi connectivity index (χ1) is 8.23. The highest BCUT2D eigenvalue weighted by Crippen LogP contribution is 2.19. The van der Waals surface area contributed by atoms with E-state index in [1.807, 2.05) is 6.92 Å². The molecule has 0 bridgehead atoms. The Bertz CT molecular complexity index is 354. The van der Waals surface area contributed by atoms with Crippen LogP contribution < -0.4 is 5.32 Å². The molecule has 5 heteroatoms. The molecule has 0 aromatic rings. The van der Waals surface area contributed by atoms with E-state index >= 15 is 0 Å². The van der Waals surface area contributed by atoms with Crippen LogP contribution in [-0.4, -0.2) is 56.0 Å².